The first-order valence-corrected chi connectivity index (χ1v) is 7.36. The molecule has 1 aliphatic carbocycles. The first kappa shape index (κ1) is 14.3. The molecule has 1 heterocycles. The van der Waals surface area contributed by atoms with E-state index >= 15 is 0 Å². The van der Waals surface area contributed by atoms with Crippen molar-refractivity contribution in [2.24, 2.45) is 18.2 Å². The molecule has 4 nitrogen and oxygen atoms in total. The Morgan fingerprint density at radius 2 is 2.11 bits per heavy atom. The van der Waals surface area contributed by atoms with Crippen LogP contribution in [0.5, 0.6) is 0 Å². The minimum absolute atomic E-state index is 0.269. The van der Waals surface area contributed by atoms with Gasteiger partial charge in [0.25, 0.3) is 0 Å². The Morgan fingerprint density at radius 3 is 2.63 bits per heavy atom. The molecule has 106 valence electrons. The fourth-order valence-electron chi connectivity index (χ4n) is 3.09. The maximum absolute atomic E-state index is 12.6. The van der Waals surface area contributed by atoms with E-state index < -0.39 is 0 Å². The van der Waals surface area contributed by atoms with Gasteiger partial charge in [-0.1, -0.05) is 26.2 Å². The van der Waals surface area contributed by atoms with E-state index in [1.807, 2.05) is 17.8 Å². The summed E-state index contributed by atoms with van der Waals surface area (Å²) in [5.74, 6) is 0.306. The zero-order valence-corrected chi connectivity index (χ0v) is 12.1. The quantitative estimate of drug-likeness (QED) is 0.884. The summed E-state index contributed by atoms with van der Waals surface area (Å²) in [6.45, 7) is 2.57. The molecule has 0 aliphatic heterocycles. The van der Waals surface area contributed by atoms with E-state index in [0.29, 0.717) is 18.7 Å². The van der Waals surface area contributed by atoms with Crippen molar-refractivity contribution in [1.82, 2.24) is 9.78 Å². The van der Waals surface area contributed by atoms with E-state index in [0.717, 1.165) is 43.5 Å². The van der Waals surface area contributed by atoms with Crippen LogP contribution >= 0.6 is 0 Å². The standard InChI is InChI=1S/C15H25N3O/c1-3-12-9-13(18(2)17-12)10-14(19)15(11-16)7-5-4-6-8-15/h9H,3-8,10-11,16H2,1-2H3. The lowest BCUT2D eigenvalue weighted by Gasteiger charge is -2.34. The molecule has 0 amide bonds. The van der Waals surface area contributed by atoms with Crippen LogP contribution in [0.4, 0.5) is 0 Å². The van der Waals surface area contributed by atoms with Gasteiger partial charge in [0.2, 0.25) is 0 Å². The minimum Gasteiger partial charge on any atom is -0.329 e. The average Bonchev–Trinajstić information content (AvgIpc) is 2.80. The molecule has 19 heavy (non-hydrogen) atoms. The van der Waals surface area contributed by atoms with Gasteiger partial charge in [-0.3, -0.25) is 9.48 Å². The summed E-state index contributed by atoms with van der Waals surface area (Å²) in [4.78, 5) is 12.6. The molecule has 1 aliphatic rings. The molecule has 2 rings (SSSR count). The lowest BCUT2D eigenvalue weighted by Crippen LogP contribution is -2.41. The van der Waals surface area contributed by atoms with Crippen LogP contribution in [0.25, 0.3) is 0 Å². The van der Waals surface area contributed by atoms with Crippen LogP contribution in [-0.2, 0) is 24.7 Å². The van der Waals surface area contributed by atoms with Gasteiger partial charge in [0.15, 0.2) is 0 Å². The summed E-state index contributed by atoms with van der Waals surface area (Å²) in [6, 6.07) is 2.05. The Balaban J connectivity index is 2.12. The largest absolute Gasteiger partial charge is 0.329 e. The van der Waals surface area contributed by atoms with Crippen molar-refractivity contribution >= 4 is 5.78 Å². The molecule has 0 bridgehead atoms. The van der Waals surface area contributed by atoms with Crippen LogP contribution in [0.15, 0.2) is 6.07 Å². The van der Waals surface area contributed by atoms with Gasteiger partial charge in [0.05, 0.1) is 5.69 Å². The van der Waals surface area contributed by atoms with Crippen LogP contribution < -0.4 is 5.73 Å². The lowest BCUT2D eigenvalue weighted by molar-refractivity contribution is -0.129. The predicted octanol–water partition coefficient (Wildman–Crippen LogP) is 2.00. The molecule has 2 N–H and O–H groups in total. The van der Waals surface area contributed by atoms with Gasteiger partial charge in [0.1, 0.15) is 5.78 Å². The molecule has 4 heteroatoms. The van der Waals surface area contributed by atoms with Gasteiger partial charge in [-0.05, 0) is 25.3 Å². The molecule has 0 unspecified atom stereocenters. The maximum Gasteiger partial charge on any atom is 0.146 e. The molecule has 0 saturated heterocycles. The van der Waals surface area contributed by atoms with Gasteiger partial charge in [-0.25, -0.2) is 0 Å². The summed E-state index contributed by atoms with van der Waals surface area (Å²) >= 11 is 0. The predicted molar refractivity (Wildman–Crippen MR) is 75.9 cm³/mol. The molecular weight excluding hydrogens is 238 g/mol. The fourth-order valence-corrected chi connectivity index (χ4v) is 3.09. The Morgan fingerprint density at radius 1 is 1.42 bits per heavy atom. The van der Waals surface area contributed by atoms with Crippen LogP contribution in [0.1, 0.15) is 50.4 Å². The van der Waals surface area contributed by atoms with E-state index in [4.69, 9.17) is 5.73 Å². The van der Waals surface area contributed by atoms with E-state index in [9.17, 15) is 4.79 Å². The van der Waals surface area contributed by atoms with Gasteiger partial charge in [-0.15, -0.1) is 0 Å². The number of aryl methyl sites for hydroxylation is 2. The third-order valence-corrected chi connectivity index (χ3v) is 4.52. The molecule has 1 fully saturated rings. The second-order valence-electron chi connectivity index (χ2n) is 5.75. The molecule has 0 aromatic carbocycles. The second-order valence-corrected chi connectivity index (χ2v) is 5.75. The SMILES string of the molecule is CCc1cc(CC(=O)C2(CN)CCCCC2)n(C)n1. The van der Waals surface area contributed by atoms with Crippen LogP contribution in [-0.4, -0.2) is 22.1 Å². The monoisotopic (exact) mass is 263 g/mol. The minimum atomic E-state index is -0.269. The highest BCUT2D eigenvalue weighted by Gasteiger charge is 2.37. The second kappa shape index (κ2) is 5.87. The molecule has 1 aromatic rings. The summed E-state index contributed by atoms with van der Waals surface area (Å²) < 4.78 is 1.84. The summed E-state index contributed by atoms with van der Waals surface area (Å²) in [6.07, 6.45) is 6.80. The molecular formula is C15H25N3O. The Hall–Kier alpha value is -1.16. The molecule has 0 radical (unpaired) electrons. The van der Waals surface area contributed by atoms with Crippen molar-refractivity contribution in [3.63, 3.8) is 0 Å². The Bertz CT molecular complexity index is 444. The summed E-state index contributed by atoms with van der Waals surface area (Å²) in [5, 5.41) is 4.41. The zero-order valence-electron chi connectivity index (χ0n) is 12.1. The van der Waals surface area contributed by atoms with E-state index in [1.54, 1.807) is 0 Å². The van der Waals surface area contributed by atoms with Crippen LogP contribution in [0.3, 0.4) is 0 Å². The summed E-state index contributed by atoms with van der Waals surface area (Å²) in [7, 11) is 1.91. The maximum atomic E-state index is 12.6. The van der Waals surface area contributed by atoms with Crippen molar-refractivity contribution in [3.05, 3.63) is 17.5 Å². The first-order chi connectivity index (χ1) is 9.11. The topological polar surface area (TPSA) is 60.9 Å². The van der Waals surface area contributed by atoms with Gasteiger partial charge in [0, 0.05) is 31.1 Å². The van der Waals surface area contributed by atoms with Crippen LogP contribution in [0, 0.1) is 5.41 Å². The number of nitrogens with two attached hydrogens (primary N) is 1. The van der Waals surface area contributed by atoms with E-state index in [1.165, 1.54) is 6.42 Å². The highest BCUT2D eigenvalue weighted by atomic mass is 16.1. The smallest absolute Gasteiger partial charge is 0.146 e. The number of rotatable bonds is 5. The fraction of sp³-hybridized carbons (Fsp3) is 0.733. The number of ketones is 1. The zero-order chi connectivity index (χ0) is 13.9. The normalized spacial score (nSPS) is 18.5. The number of hydrogen-bond donors (Lipinski definition) is 1. The van der Waals surface area contributed by atoms with E-state index in [2.05, 4.69) is 12.0 Å². The number of carbonyl (C=O) groups is 1. The molecule has 1 aromatic heterocycles. The third-order valence-electron chi connectivity index (χ3n) is 4.52. The van der Waals surface area contributed by atoms with Crippen molar-refractivity contribution in [1.29, 1.82) is 0 Å². The Labute approximate surface area is 115 Å². The molecule has 1 saturated carbocycles. The van der Waals surface area contributed by atoms with Gasteiger partial charge < -0.3 is 5.73 Å². The number of aromatic nitrogens is 2. The average molecular weight is 263 g/mol. The van der Waals surface area contributed by atoms with Crippen molar-refractivity contribution in [3.8, 4) is 0 Å². The number of nitrogens with zero attached hydrogens (tertiary/aromatic N) is 2. The van der Waals surface area contributed by atoms with Crippen molar-refractivity contribution in [2.75, 3.05) is 6.54 Å². The summed E-state index contributed by atoms with van der Waals surface area (Å²) in [5.41, 5.74) is 7.72. The number of carbonyl (C=O) groups excluding carboxylic acids is 1. The molecule has 0 atom stereocenters. The Kier molecular flexibility index (Phi) is 4.40. The first-order valence-electron chi connectivity index (χ1n) is 7.36. The van der Waals surface area contributed by atoms with Crippen molar-refractivity contribution < 1.29 is 4.79 Å². The number of Topliss-reactive ketones (excluding diaryl/α,β-unsaturated/α-hetero) is 1. The van der Waals surface area contributed by atoms with Gasteiger partial charge >= 0.3 is 0 Å². The third kappa shape index (κ3) is 2.89. The number of hydrogen-bond acceptors (Lipinski definition) is 3. The molecule has 0 spiro atoms. The lowest BCUT2D eigenvalue weighted by atomic mass is 9.70. The highest BCUT2D eigenvalue weighted by Crippen LogP contribution is 2.37. The van der Waals surface area contributed by atoms with E-state index in [-0.39, 0.29) is 5.41 Å². The van der Waals surface area contributed by atoms with Gasteiger partial charge in [-0.2, -0.15) is 5.10 Å². The highest BCUT2D eigenvalue weighted by molar-refractivity contribution is 5.87. The van der Waals surface area contributed by atoms with Crippen LogP contribution in [0.2, 0.25) is 0 Å². The van der Waals surface area contributed by atoms with Crippen molar-refractivity contribution in [2.45, 2.75) is 51.9 Å².